The highest BCUT2D eigenvalue weighted by Gasteiger charge is 2.31. The molecule has 0 bridgehead atoms. The van der Waals surface area contributed by atoms with Crippen LogP contribution in [0.4, 0.5) is 5.69 Å². The van der Waals surface area contributed by atoms with Crippen molar-refractivity contribution in [2.24, 2.45) is 0 Å². The van der Waals surface area contributed by atoms with Gasteiger partial charge in [-0.2, -0.15) is 0 Å². The van der Waals surface area contributed by atoms with Gasteiger partial charge < -0.3 is 9.47 Å². The second-order valence-corrected chi connectivity index (χ2v) is 6.68. The van der Waals surface area contributed by atoms with Crippen molar-refractivity contribution in [3.8, 4) is 11.5 Å². The molecule has 2 rings (SSSR count). The standard InChI is InChI=1S/C16H14N2O6S2/c1-4-5-17-15(20)13(26-16(17)25)8-10-6-11(18(21)22)14(24-9(2)19)12(7-10)23-3/h4,6-8H,1,5H2,2-3H3/b13-8+. The smallest absolute Gasteiger partial charge is 0.316 e. The highest BCUT2D eigenvalue weighted by molar-refractivity contribution is 8.26. The SMILES string of the molecule is C=CCN1C(=O)/C(=C\c2cc(OC)c(OC(C)=O)c([N+](=O)[O-])c2)SC1=S. The van der Waals surface area contributed by atoms with Crippen LogP contribution >= 0.6 is 24.0 Å². The minimum absolute atomic E-state index is 0.00206. The van der Waals surface area contributed by atoms with Crippen LogP contribution < -0.4 is 9.47 Å². The maximum Gasteiger partial charge on any atom is 0.316 e. The summed E-state index contributed by atoms with van der Waals surface area (Å²) in [6, 6.07) is 2.63. The number of rotatable bonds is 6. The highest BCUT2D eigenvalue weighted by Crippen LogP contribution is 2.40. The van der Waals surface area contributed by atoms with E-state index in [4.69, 9.17) is 21.7 Å². The fourth-order valence-corrected chi connectivity index (χ4v) is 3.44. The van der Waals surface area contributed by atoms with Crippen molar-refractivity contribution in [3.05, 3.63) is 45.4 Å². The Hall–Kier alpha value is -2.72. The van der Waals surface area contributed by atoms with E-state index in [1.165, 1.54) is 30.2 Å². The van der Waals surface area contributed by atoms with Crippen LogP contribution in [-0.2, 0) is 9.59 Å². The summed E-state index contributed by atoms with van der Waals surface area (Å²) in [5.41, 5.74) is -0.115. The molecule has 8 nitrogen and oxygen atoms in total. The van der Waals surface area contributed by atoms with Crippen LogP contribution in [0.3, 0.4) is 0 Å². The third kappa shape index (κ3) is 4.09. The number of thiocarbonyl (C=S) groups is 1. The number of thioether (sulfide) groups is 1. The number of benzene rings is 1. The lowest BCUT2D eigenvalue weighted by Gasteiger charge is -2.10. The fraction of sp³-hybridized carbons (Fsp3) is 0.188. The number of methoxy groups -OCH3 is 1. The number of nitro benzene ring substituents is 1. The zero-order valence-corrected chi connectivity index (χ0v) is 15.5. The van der Waals surface area contributed by atoms with Gasteiger partial charge in [-0.1, -0.05) is 30.1 Å². The number of carbonyl (C=O) groups excluding carboxylic acids is 2. The summed E-state index contributed by atoms with van der Waals surface area (Å²) < 4.78 is 10.4. The van der Waals surface area contributed by atoms with Crippen LogP contribution in [-0.4, -0.2) is 39.7 Å². The number of carbonyl (C=O) groups is 2. The Bertz CT molecular complexity index is 849. The minimum atomic E-state index is -0.718. The summed E-state index contributed by atoms with van der Waals surface area (Å²) >= 11 is 6.23. The average molecular weight is 394 g/mol. The first kappa shape index (κ1) is 19.6. The van der Waals surface area contributed by atoms with Crippen LogP contribution in [0, 0.1) is 10.1 Å². The van der Waals surface area contributed by atoms with Gasteiger partial charge in [0.15, 0.2) is 5.75 Å². The number of amides is 1. The van der Waals surface area contributed by atoms with Crippen molar-refractivity contribution in [1.82, 2.24) is 4.90 Å². The van der Waals surface area contributed by atoms with Gasteiger partial charge in [0, 0.05) is 19.5 Å². The summed E-state index contributed by atoms with van der Waals surface area (Å²) in [4.78, 5) is 35.9. The molecule has 136 valence electrons. The van der Waals surface area contributed by atoms with Crippen molar-refractivity contribution < 1.29 is 24.0 Å². The van der Waals surface area contributed by atoms with E-state index in [9.17, 15) is 19.7 Å². The molecule has 1 aromatic carbocycles. The maximum absolute atomic E-state index is 12.4. The molecular formula is C16H14N2O6S2. The predicted molar refractivity (Wildman–Crippen MR) is 101 cm³/mol. The van der Waals surface area contributed by atoms with Crippen molar-refractivity contribution >= 4 is 51.9 Å². The molecule has 1 amide bonds. The lowest BCUT2D eigenvalue weighted by Crippen LogP contribution is -2.27. The van der Waals surface area contributed by atoms with Crippen molar-refractivity contribution in [2.75, 3.05) is 13.7 Å². The quantitative estimate of drug-likeness (QED) is 0.138. The average Bonchev–Trinajstić information content (AvgIpc) is 2.83. The zero-order valence-electron chi connectivity index (χ0n) is 13.9. The van der Waals surface area contributed by atoms with Gasteiger partial charge in [-0.25, -0.2) is 0 Å². The number of nitro groups is 1. The number of ether oxygens (including phenoxy) is 2. The Morgan fingerprint density at radius 1 is 1.50 bits per heavy atom. The molecule has 1 fully saturated rings. The van der Waals surface area contributed by atoms with Gasteiger partial charge in [-0.05, 0) is 17.7 Å². The van der Waals surface area contributed by atoms with E-state index in [0.29, 0.717) is 14.8 Å². The van der Waals surface area contributed by atoms with Crippen LogP contribution in [0.1, 0.15) is 12.5 Å². The molecule has 1 saturated heterocycles. The predicted octanol–water partition coefficient (Wildman–Crippen LogP) is 2.92. The minimum Gasteiger partial charge on any atom is -0.493 e. The molecule has 0 radical (unpaired) electrons. The molecule has 0 aromatic heterocycles. The summed E-state index contributed by atoms with van der Waals surface area (Å²) in [5.74, 6) is -1.32. The van der Waals surface area contributed by atoms with Gasteiger partial charge >= 0.3 is 11.7 Å². The first-order valence-electron chi connectivity index (χ1n) is 7.19. The van der Waals surface area contributed by atoms with Crippen LogP contribution in [0.2, 0.25) is 0 Å². The van der Waals surface area contributed by atoms with Crippen LogP contribution in [0.15, 0.2) is 29.7 Å². The monoisotopic (exact) mass is 394 g/mol. The van der Waals surface area contributed by atoms with Crippen molar-refractivity contribution in [3.63, 3.8) is 0 Å². The summed E-state index contributed by atoms with van der Waals surface area (Å²) in [6.07, 6.45) is 3.02. The largest absolute Gasteiger partial charge is 0.493 e. The van der Waals surface area contributed by atoms with Gasteiger partial charge in [-0.15, -0.1) is 6.58 Å². The molecule has 1 aliphatic heterocycles. The normalized spacial score (nSPS) is 15.3. The van der Waals surface area contributed by atoms with E-state index >= 15 is 0 Å². The van der Waals surface area contributed by atoms with Gasteiger partial charge in [0.1, 0.15) is 4.32 Å². The molecule has 1 heterocycles. The Kier molecular flexibility index (Phi) is 6.11. The Morgan fingerprint density at radius 3 is 2.73 bits per heavy atom. The lowest BCUT2D eigenvalue weighted by molar-refractivity contribution is -0.385. The Morgan fingerprint density at radius 2 is 2.19 bits per heavy atom. The van der Waals surface area contributed by atoms with Gasteiger partial charge in [-0.3, -0.25) is 24.6 Å². The summed E-state index contributed by atoms with van der Waals surface area (Å²) in [6.45, 7) is 4.98. The highest BCUT2D eigenvalue weighted by atomic mass is 32.2. The molecule has 0 spiro atoms. The zero-order chi connectivity index (χ0) is 19.4. The van der Waals surface area contributed by atoms with Crippen molar-refractivity contribution in [2.45, 2.75) is 6.92 Å². The van der Waals surface area contributed by atoms with Gasteiger partial charge in [0.2, 0.25) is 5.75 Å². The molecule has 0 unspecified atom stereocenters. The molecule has 0 N–H and O–H groups in total. The lowest BCUT2D eigenvalue weighted by atomic mass is 10.1. The van der Waals surface area contributed by atoms with Gasteiger partial charge in [0.05, 0.1) is 16.9 Å². The summed E-state index contributed by atoms with van der Waals surface area (Å²) in [5, 5.41) is 11.3. The van der Waals surface area contributed by atoms with E-state index in [2.05, 4.69) is 6.58 Å². The third-order valence-electron chi connectivity index (χ3n) is 3.20. The summed E-state index contributed by atoms with van der Waals surface area (Å²) in [7, 11) is 1.29. The van der Waals surface area contributed by atoms with Crippen LogP contribution in [0.25, 0.3) is 6.08 Å². The molecular weight excluding hydrogens is 380 g/mol. The van der Waals surface area contributed by atoms with E-state index in [1.807, 2.05) is 0 Å². The van der Waals surface area contributed by atoms with E-state index in [0.717, 1.165) is 18.7 Å². The Balaban J connectivity index is 2.51. The second kappa shape index (κ2) is 8.11. The number of esters is 1. The molecule has 0 atom stereocenters. The first-order valence-corrected chi connectivity index (χ1v) is 8.42. The topological polar surface area (TPSA) is 99.0 Å². The first-order chi connectivity index (χ1) is 12.3. The second-order valence-electron chi connectivity index (χ2n) is 5.00. The fourth-order valence-electron chi connectivity index (χ4n) is 2.16. The molecule has 1 aromatic rings. The molecule has 0 aliphatic carbocycles. The maximum atomic E-state index is 12.4. The molecule has 10 heteroatoms. The molecule has 1 aliphatic rings. The third-order valence-corrected chi connectivity index (χ3v) is 4.58. The van der Waals surface area contributed by atoms with Crippen molar-refractivity contribution in [1.29, 1.82) is 0 Å². The van der Waals surface area contributed by atoms with Crippen LogP contribution in [0.5, 0.6) is 11.5 Å². The number of hydrogen-bond acceptors (Lipinski definition) is 8. The molecule has 0 saturated carbocycles. The van der Waals surface area contributed by atoms with E-state index in [-0.39, 0.29) is 24.0 Å². The van der Waals surface area contributed by atoms with E-state index in [1.54, 1.807) is 6.08 Å². The number of nitrogens with zero attached hydrogens (tertiary/aromatic N) is 2. The Labute approximate surface area is 158 Å². The molecule has 26 heavy (non-hydrogen) atoms. The van der Waals surface area contributed by atoms with E-state index < -0.39 is 16.6 Å². The number of hydrogen-bond donors (Lipinski definition) is 0. The van der Waals surface area contributed by atoms with Gasteiger partial charge in [0.25, 0.3) is 5.91 Å².